The molecule has 0 saturated carbocycles. The molecule has 0 spiro atoms. The summed E-state index contributed by atoms with van der Waals surface area (Å²) in [6.45, 7) is 31.9. The fraction of sp³-hybridized carbons (Fsp3) is 0.197. The molecule has 0 fully saturated rings. The predicted octanol–water partition coefficient (Wildman–Crippen LogP) is 26.8. The molecule has 0 aliphatic heterocycles. The molecule has 8 aromatic heterocycles. The Morgan fingerprint density at radius 3 is 0.958 bits per heavy atom. The van der Waals surface area contributed by atoms with Crippen molar-refractivity contribution in [2.45, 2.75) is 154 Å². The first-order valence-corrected chi connectivity index (χ1v) is 48.0. The third-order valence-electron chi connectivity index (χ3n) is 23.1. The smallest absolute Gasteiger partial charge is 0.168 e. The standard InChI is InChI=1S/C25H27N3O2.C24H25N3O2.C23H20N4O.C23H21N3O2.C22H19N5O/c1-16(2)29-21-10-6-19(7-11-21)23-15-25-24(14-18(23)5)26-27-28(25)20-8-12-22(13-9-20)30-17(3)4;1-16(2)28-21-10-5-18(6-11-21)19-7-14-23-24(15-19)27(26-25-23)20-8-12-22(13-9-20)29-17(3)4;1-15(2)28-20-7-5-19(6-8-20)27-23-14-17(4-10-22(23)25-26-27)16-3-9-21-18(13-16)11-12-24-21;1-15(2)28-21-11-9-20(10-12-21)26-23-14-19(8-13-22(23)24-25-26)18-6-4-17(5-7-18)16(3)27;1-14(2)28-18-6-4-17(5-7-18)27-13-25-20-12-24-21(26-22(20)27)16-3-8-19-15(11-16)9-10-23-19/h6-17H,1-5H3;5-17H,1-4H3;3-15,24H,1-2H3;4-15H,1-3H3;3-14,23H,1-2H3. The number of Topliss-reactive ketones (excluding diaryl/α,β-unsaturated/α-hetero) is 1. The lowest BCUT2D eigenvalue weighted by molar-refractivity contribution is 0.101. The van der Waals surface area contributed by atoms with E-state index < -0.39 is 0 Å². The lowest BCUT2D eigenvalue weighted by Crippen LogP contribution is -2.05. The van der Waals surface area contributed by atoms with E-state index in [-0.39, 0.29) is 48.5 Å². The Morgan fingerprint density at radius 1 is 0.287 bits per heavy atom. The second kappa shape index (κ2) is 42.9. The molecule has 8 heterocycles. The van der Waals surface area contributed by atoms with E-state index in [1.165, 1.54) is 10.9 Å². The summed E-state index contributed by atoms with van der Waals surface area (Å²) in [5.41, 5.74) is 27.5. The summed E-state index contributed by atoms with van der Waals surface area (Å²) in [6, 6.07) is 103. The molecule has 0 bridgehead atoms. The fourth-order valence-electron chi connectivity index (χ4n) is 16.6. The van der Waals surface area contributed by atoms with Gasteiger partial charge in [0.05, 0.1) is 93.7 Å². The number of ether oxygens (including phenoxy) is 7. The largest absolute Gasteiger partial charge is 0.491 e. The van der Waals surface area contributed by atoms with Crippen LogP contribution in [0.2, 0.25) is 0 Å². The number of nitrogens with one attached hydrogen (secondary N) is 2. The van der Waals surface area contributed by atoms with Crippen LogP contribution in [0.15, 0.2) is 334 Å². The van der Waals surface area contributed by atoms with Crippen molar-refractivity contribution in [1.29, 1.82) is 0 Å². The minimum atomic E-state index is 0.0640. The van der Waals surface area contributed by atoms with Gasteiger partial charge in [0.2, 0.25) is 0 Å². The second-order valence-electron chi connectivity index (χ2n) is 36.7. The maximum Gasteiger partial charge on any atom is 0.168 e. The molecule has 14 aromatic carbocycles. The summed E-state index contributed by atoms with van der Waals surface area (Å²) in [7, 11) is 0. The van der Waals surface area contributed by atoms with Crippen LogP contribution in [0.3, 0.4) is 0 Å². The average molecular weight is 1900 g/mol. The van der Waals surface area contributed by atoms with Crippen LogP contribution in [-0.4, -0.2) is 138 Å². The van der Waals surface area contributed by atoms with Gasteiger partial charge in [0, 0.05) is 45.6 Å². The Kier molecular flexibility index (Phi) is 28.8. The van der Waals surface area contributed by atoms with Gasteiger partial charge in [-0.3, -0.25) is 9.36 Å². The number of hydrogen-bond acceptors (Lipinski definition) is 19. The first kappa shape index (κ1) is 95.9. The number of aromatic amines is 2. The summed E-state index contributed by atoms with van der Waals surface area (Å²) >= 11 is 0. The molecule has 26 heteroatoms. The zero-order valence-electron chi connectivity index (χ0n) is 82.7. The number of carbonyl (C=O) groups is 1. The molecule has 0 aliphatic rings. The number of carbonyl (C=O) groups excluding carboxylic acids is 1. The van der Waals surface area contributed by atoms with E-state index in [4.69, 9.17) is 38.1 Å². The molecule has 2 N–H and O–H groups in total. The van der Waals surface area contributed by atoms with Crippen LogP contribution >= 0.6 is 0 Å². The molecule has 0 atom stereocenters. The van der Waals surface area contributed by atoms with Crippen LogP contribution in [0.5, 0.6) is 40.2 Å². The number of hydrogen-bond donors (Lipinski definition) is 2. The van der Waals surface area contributed by atoms with E-state index in [0.29, 0.717) is 11.4 Å². The lowest BCUT2D eigenvalue weighted by atomic mass is 9.99. The highest BCUT2D eigenvalue weighted by Gasteiger charge is 2.20. The van der Waals surface area contributed by atoms with Crippen LogP contribution in [0, 0.1) is 6.92 Å². The van der Waals surface area contributed by atoms with Gasteiger partial charge >= 0.3 is 0 Å². The van der Waals surface area contributed by atoms with Gasteiger partial charge in [-0.15, -0.1) is 20.4 Å². The summed E-state index contributed by atoms with van der Waals surface area (Å²) in [4.78, 5) is 31.7. The lowest BCUT2D eigenvalue weighted by Gasteiger charge is -2.12. The summed E-state index contributed by atoms with van der Waals surface area (Å²) in [6.07, 6.45) is 8.48. The van der Waals surface area contributed by atoms with E-state index in [1.54, 1.807) is 19.4 Å². The number of nitrogens with zero attached hydrogens (tertiary/aromatic N) is 16. The number of aromatic nitrogens is 18. The van der Waals surface area contributed by atoms with Crippen molar-refractivity contribution in [3.05, 3.63) is 345 Å². The SMILES string of the molecule is CC(=O)c1ccc(-c2ccc3nnn(-c4ccc(OC(C)C)cc4)c3c2)cc1.CC(C)Oc1ccc(-c2ccc3nnn(-c4ccc(OC(C)C)cc4)c3c2)cc1.CC(C)Oc1ccc(-n2cnc3cnc(-c4ccc5[nH]ccc5c4)nc32)cc1.CC(C)Oc1ccc(-n2nnc3ccc(-c4ccc5[nH]ccc5c4)cc32)cc1.Cc1cc2nnn(-c3ccc(OC(C)C)cc3)c2cc1-c1ccc(OC(C)C)cc1. The van der Waals surface area contributed by atoms with Crippen molar-refractivity contribution >= 4 is 82.9 Å². The van der Waals surface area contributed by atoms with Crippen molar-refractivity contribution < 1.29 is 38.0 Å². The van der Waals surface area contributed by atoms with Gasteiger partial charge in [-0.25, -0.2) is 33.7 Å². The van der Waals surface area contributed by atoms with Gasteiger partial charge in [-0.1, -0.05) is 93.6 Å². The van der Waals surface area contributed by atoms with Crippen molar-refractivity contribution in [1.82, 2.24) is 89.5 Å². The molecule has 22 aromatic rings. The third kappa shape index (κ3) is 23.0. The molecular formula is C117H112N18O8. The Bertz CT molecular complexity index is 7920. The zero-order chi connectivity index (χ0) is 99.5. The van der Waals surface area contributed by atoms with Crippen LogP contribution in [-0.2, 0) is 0 Å². The molecule has 22 rings (SSSR count). The Hall–Kier alpha value is -17.4. The highest BCUT2D eigenvalue weighted by atomic mass is 16.5. The maximum atomic E-state index is 11.5. The molecule has 0 saturated heterocycles. The number of ketones is 1. The van der Waals surface area contributed by atoms with E-state index >= 15 is 0 Å². The zero-order valence-corrected chi connectivity index (χ0v) is 82.7. The molecule has 143 heavy (non-hydrogen) atoms. The third-order valence-corrected chi connectivity index (χ3v) is 23.1. The monoisotopic (exact) mass is 1900 g/mol. The Labute approximate surface area is 828 Å². The van der Waals surface area contributed by atoms with Crippen LogP contribution < -0.4 is 33.2 Å². The highest BCUT2D eigenvalue weighted by Crippen LogP contribution is 2.37. The number of fused-ring (bicyclic) bond motifs is 7. The maximum absolute atomic E-state index is 11.5. The van der Waals surface area contributed by atoms with Crippen molar-refractivity contribution in [3.63, 3.8) is 0 Å². The molecule has 0 unspecified atom stereocenters. The van der Waals surface area contributed by atoms with Crippen molar-refractivity contribution in [2.24, 2.45) is 0 Å². The van der Waals surface area contributed by atoms with Crippen LogP contribution in [0.4, 0.5) is 0 Å². The van der Waals surface area contributed by atoms with Gasteiger partial charge in [0.1, 0.15) is 74.2 Å². The summed E-state index contributed by atoms with van der Waals surface area (Å²) in [5, 5.41) is 37.0. The average Bonchev–Trinajstić information content (AvgIpc) is 1.65. The van der Waals surface area contributed by atoms with Gasteiger partial charge in [0.25, 0.3) is 0 Å². The molecular weight excluding hydrogens is 1790 g/mol. The van der Waals surface area contributed by atoms with Gasteiger partial charge in [-0.05, 0) is 403 Å². The van der Waals surface area contributed by atoms with E-state index in [9.17, 15) is 4.79 Å². The quantitative estimate of drug-likeness (QED) is 0.0503. The molecule has 0 radical (unpaired) electrons. The minimum Gasteiger partial charge on any atom is -0.491 e. The normalized spacial score (nSPS) is 11.4. The minimum absolute atomic E-state index is 0.0640. The van der Waals surface area contributed by atoms with E-state index in [1.807, 2.05) is 345 Å². The molecule has 26 nitrogen and oxygen atoms in total. The fourth-order valence-corrected chi connectivity index (χ4v) is 16.6. The Balaban J connectivity index is 0.000000118. The predicted molar refractivity (Wildman–Crippen MR) is 568 cm³/mol. The number of H-pyrrole nitrogens is 2. The van der Waals surface area contributed by atoms with Crippen molar-refractivity contribution in [3.8, 4) is 125 Å². The van der Waals surface area contributed by atoms with E-state index in [0.717, 1.165) is 190 Å². The topological polar surface area (TPSA) is 280 Å². The number of imidazole rings is 1. The first-order chi connectivity index (χ1) is 69.2. The summed E-state index contributed by atoms with van der Waals surface area (Å²) < 4.78 is 49.5. The van der Waals surface area contributed by atoms with Gasteiger partial charge in [0.15, 0.2) is 17.3 Å². The summed E-state index contributed by atoms with van der Waals surface area (Å²) in [5.74, 6) is 6.71. The molecule has 0 amide bonds. The van der Waals surface area contributed by atoms with Gasteiger partial charge < -0.3 is 43.1 Å². The Morgan fingerprint density at radius 2 is 0.587 bits per heavy atom. The van der Waals surface area contributed by atoms with Gasteiger partial charge in [-0.2, -0.15) is 0 Å². The number of benzene rings is 14. The molecule has 0 aliphatic carbocycles. The van der Waals surface area contributed by atoms with Crippen LogP contribution in [0.25, 0.3) is 161 Å². The first-order valence-electron chi connectivity index (χ1n) is 48.0. The van der Waals surface area contributed by atoms with Crippen molar-refractivity contribution in [2.75, 3.05) is 0 Å². The van der Waals surface area contributed by atoms with Crippen LogP contribution in [0.1, 0.15) is 120 Å². The number of rotatable bonds is 25. The molecule has 718 valence electrons. The highest BCUT2D eigenvalue weighted by molar-refractivity contribution is 5.95. The second-order valence-corrected chi connectivity index (χ2v) is 36.7. The van der Waals surface area contributed by atoms with E-state index in [2.05, 4.69) is 165 Å². The number of aryl methyl sites for hydroxylation is 1.